The maximum absolute atomic E-state index is 11.2. The zero-order valence-corrected chi connectivity index (χ0v) is 9.57. The number of ether oxygens (including phenoxy) is 2. The van der Waals surface area contributed by atoms with Gasteiger partial charge < -0.3 is 9.47 Å². The van der Waals surface area contributed by atoms with Crippen LogP contribution >= 0.6 is 0 Å². The Bertz CT molecular complexity index is 409. The van der Waals surface area contributed by atoms with E-state index in [1.165, 1.54) is 14.0 Å². The van der Waals surface area contributed by atoms with Gasteiger partial charge >= 0.3 is 5.97 Å². The molecule has 0 aliphatic carbocycles. The van der Waals surface area contributed by atoms with Crippen LogP contribution < -0.4 is 4.74 Å². The van der Waals surface area contributed by atoms with Crippen LogP contribution in [0.4, 0.5) is 0 Å². The molecule has 1 aromatic carbocycles. The van der Waals surface area contributed by atoms with Crippen molar-refractivity contribution in [3.63, 3.8) is 0 Å². The molecular formula is C12H14O4. The molecule has 0 atom stereocenters. The van der Waals surface area contributed by atoms with Crippen molar-refractivity contribution in [2.75, 3.05) is 13.7 Å². The van der Waals surface area contributed by atoms with Crippen molar-refractivity contribution in [2.45, 2.75) is 13.8 Å². The van der Waals surface area contributed by atoms with Crippen LogP contribution in [0.5, 0.6) is 5.75 Å². The Morgan fingerprint density at radius 3 is 2.50 bits per heavy atom. The van der Waals surface area contributed by atoms with E-state index in [4.69, 9.17) is 4.74 Å². The van der Waals surface area contributed by atoms with Gasteiger partial charge in [0.1, 0.15) is 5.75 Å². The first-order valence-electron chi connectivity index (χ1n) is 4.86. The highest BCUT2D eigenvalue weighted by atomic mass is 16.6. The fourth-order valence-corrected chi connectivity index (χ4v) is 1.32. The van der Waals surface area contributed by atoms with E-state index < -0.39 is 5.97 Å². The Morgan fingerprint density at radius 1 is 1.31 bits per heavy atom. The maximum Gasteiger partial charge on any atom is 0.343 e. The molecule has 0 fully saturated rings. The summed E-state index contributed by atoms with van der Waals surface area (Å²) in [5.74, 6) is 0.123. The summed E-state index contributed by atoms with van der Waals surface area (Å²) in [5.41, 5.74) is 1.49. The first-order chi connectivity index (χ1) is 7.54. The molecule has 0 heterocycles. The topological polar surface area (TPSA) is 52.6 Å². The quantitative estimate of drug-likeness (QED) is 0.575. The summed E-state index contributed by atoms with van der Waals surface area (Å²) in [5, 5.41) is 0. The Morgan fingerprint density at radius 2 is 2.00 bits per heavy atom. The van der Waals surface area contributed by atoms with Crippen molar-refractivity contribution < 1.29 is 19.1 Å². The molecule has 0 saturated carbocycles. The predicted octanol–water partition coefficient (Wildman–Crippen LogP) is 1.75. The minimum Gasteiger partial charge on any atom is -0.482 e. The van der Waals surface area contributed by atoms with E-state index in [1.54, 1.807) is 18.2 Å². The number of esters is 1. The third-order valence-corrected chi connectivity index (χ3v) is 2.16. The molecule has 0 aliphatic rings. The summed E-state index contributed by atoms with van der Waals surface area (Å²) < 4.78 is 9.63. The fraction of sp³-hybridized carbons (Fsp3) is 0.333. The van der Waals surface area contributed by atoms with Crippen molar-refractivity contribution in [2.24, 2.45) is 0 Å². The summed E-state index contributed by atoms with van der Waals surface area (Å²) in [7, 11) is 1.30. The third-order valence-electron chi connectivity index (χ3n) is 2.16. The fourth-order valence-electron chi connectivity index (χ4n) is 1.32. The molecule has 4 heteroatoms. The van der Waals surface area contributed by atoms with Gasteiger partial charge in [-0.1, -0.05) is 0 Å². The number of aryl methyl sites for hydroxylation is 1. The van der Waals surface area contributed by atoms with E-state index in [0.717, 1.165) is 5.56 Å². The molecule has 4 nitrogen and oxygen atoms in total. The maximum atomic E-state index is 11.2. The van der Waals surface area contributed by atoms with Crippen LogP contribution in [-0.4, -0.2) is 25.5 Å². The van der Waals surface area contributed by atoms with Crippen molar-refractivity contribution in [1.29, 1.82) is 0 Å². The first kappa shape index (κ1) is 12.2. The molecule has 0 radical (unpaired) electrons. The molecule has 0 amide bonds. The average Bonchev–Trinajstić information content (AvgIpc) is 2.25. The van der Waals surface area contributed by atoms with Crippen LogP contribution in [0.3, 0.4) is 0 Å². The van der Waals surface area contributed by atoms with Gasteiger partial charge in [0.15, 0.2) is 12.4 Å². The molecule has 0 unspecified atom stereocenters. The molecule has 1 rings (SSSR count). The largest absolute Gasteiger partial charge is 0.482 e. The SMILES string of the molecule is COC(=O)COc1ccc(C(C)=O)c(C)c1. The van der Waals surface area contributed by atoms with Gasteiger partial charge in [-0.3, -0.25) is 4.79 Å². The van der Waals surface area contributed by atoms with E-state index in [9.17, 15) is 9.59 Å². The first-order valence-corrected chi connectivity index (χ1v) is 4.86. The predicted molar refractivity (Wildman–Crippen MR) is 58.7 cm³/mol. The summed E-state index contributed by atoms with van der Waals surface area (Å²) >= 11 is 0. The number of Topliss-reactive ketones (excluding diaryl/α,β-unsaturated/α-hetero) is 1. The second-order valence-electron chi connectivity index (χ2n) is 3.40. The van der Waals surface area contributed by atoms with Gasteiger partial charge in [0.05, 0.1) is 7.11 Å². The highest BCUT2D eigenvalue weighted by Gasteiger charge is 2.06. The van der Waals surface area contributed by atoms with Crippen molar-refractivity contribution in [3.05, 3.63) is 29.3 Å². The molecular weight excluding hydrogens is 208 g/mol. The van der Waals surface area contributed by atoms with Gasteiger partial charge in [-0.05, 0) is 37.6 Å². The number of hydrogen-bond acceptors (Lipinski definition) is 4. The number of methoxy groups -OCH3 is 1. The monoisotopic (exact) mass is 222 g/mol. The lowest BCUT2D eigenvalue weighted by Gasteiger charge is -2.07. The zero-order chi connectivity index (χ0) is 12.1. The van der Waals surface area contributed by atoms with Crippen molar-refractivity contribution in [1.82, 2.24) is 0 Å². The van der Waals surface area contributed by atoms with Gasteiger partial charge in [-0.2, -0.15) is 0 Å². The Balaban J connectivity index is 2.74. The number of carbonyl (C=O) groups excluding carboxylic acids is 2. The number of ketones is 1. The van der Waals surface area contributed by atoms with Crippen molar-refractivity contribution >= 4 is 11.8 Å². The standard InChI is InChI=1S/C12H14O4/c1-8-6-10(16-7-12(14)15-3)4-5-11(8)9(2)13/h4-6H,7H2,1-3H3. The molecule has 0 spiro atoms. The lowest BCUT2D eigenvalue weighted by molar-refractivity contribution is -0.142. The third kappa shape index (κ3) is 3.08. The molecule has 0 aromatic heterocycles. The average molecular weight is 222 g/mol. The molecule has 1 aromatic rings. The van der Waals surface area contributed by atoms with E-state index >= 15 is 0 Å². The van der Waals surface area contributed by atoms with Gasteiger partial charge in [0.25, 0.3) is 0 Å². The normalized spacial score (nSPS) is 9.69. The van der Waals surface area contributed by atoms with Crippen LogP contribution in [-0.2, 0) is 9.53 Å². The molecule has 0 aliphatic heterocycles. The van der Waals surface area contributed by atoms with Crippen molar-refractivity contribution in [3.8, 4) is 5.75 Å². The smallest absolute Gasteiger partial charge is 0.343 e. The van der Waals surface area contributed by atoms with Crippen LogP contribution in [0.15, 0.2) is 18.2 Å². The van der Waals surface area contributed by atoms with Crippen LogP contribution in [0.2, 0.25) is 0 Å². The van der Waals surface area contributed by atoms with Crippen LogP contribution in [0.1, 0.15) is 22.8 Å². The van der Waals surface area contributed by atoms with Crippen LogP contribution in [0, 0.1) is 6.92 Å². The van der Waals surface area contributed by atoms with Crippen LogP contribution in [0.25, 0.3) is 0 Å². The zero-order valence-electron chi connectivity index (χ0n) is 9.57. The number of hydrogen-bond donors (Lipinski definition) is 0. The highest BCUT2D eigenvalue weighted by molar-refractivity contribution is 5.95. The minimum absolute atomic E-state index is 0.0111. The van der Waals surface area contributed by atoms with E-state index in [-0.39, 0.29) is 12.4 Å². The summed E-state index contributed by atoms with van der Waals surface area (Å²) in [6, 6.07) is 5.07. The van der Waals surface area contributed by atoms with Gasteiger partial charge in [-0.15, -0.1) is 0 Å². The number of carbonyl (C=O) groups is 2. The lowest BCUT2D eigenvalue weighted by atomic mass is 10.1. The summed E-state index contributed by atoms with van der Waals surface area (Å²) in [6.07, 6.45) is 0. The second-order valence-corrected chi connectivity index (χ2v) is 3.40. The Hall–Kier alpha value is -1.84. The lowest BCUT2D eigenvalue weighted by Crippen LogP contribution is -2.12. The molecule has 16 heavy (non-hydrogen) atoms. The molecule has 86 valence electrons. The molecule has 0 bridgehead atoms. The van der Waals surface area contributed by atoms with E-state index in [0.29, 0.717) is 11.3 Å². The molecule has 0 saturated heterocycles. The summed E-state index contributed by atoms with van der Waals surface area (Å²) in [6.45, 7) is 3.20. The molecule has 0 N–H and O–H groups in total. The minimum atomic E-state index is -0.437. The van der Waals surface area contributed by atoms with Gasteiger partial charge in [0.2, 0.25) is 0 Å². The number of rotatable bonds is 4. The Kier molecular flexibility index (Phi) is 4.05. The van der Waals surface area contributed by atoms with Gasteiger partial charge in [0, 0.05) is 5.56 Å². The highest BCUT2D eigenvalue weighted by Crippen LogP contribution is 2.17. The second kappa shape index (κ2) is 5.30. The number of benzene rings is 1. The summed E-state index contributed by atoms with van der Waals surface area (Å²) in [4.78, 5) is 22.0. The van der Waals surface area contributed by atoms with E-state index in [2.05, 4.69) is 4.74 Å². The Labute approximate surface area is 94.2 Å². The van der Waals surface area contributed by atoms with Gasteiger partial charge in [-0.25, -0.2) is 4.79 Å². The van der Waals surface area contributed by atoms with E-state index in [1.807, 2.05) is 6.92 Å².